The molecule has 7 nitrogen and oxygen atoms in total. The maximum absolute atomic E-state index is 12.6. The molecule has 0 atom stereocenters. The predicted octanol–water partition coefficient (Wildman–Crippen LogP) is 2.86. The molecule has 3 aromatic heterocycles. The molecule has 1 saturated heterocycles. The molecule has 1 amide bonds. The van der Waals surface area contributed by atoms with Crippen LogP contribution >= 0.6 is 11.3 Å². The quantitative estimate of drug-likeness (QED) is 0.637. The Morgan fingerprint density at radius 1 is 1.14 bits per heavy atom. The van der Waals surface area contributed by atoms with E-state index in [2.05, 4.69) is 37.5 Å². The molecule has 1 aliphatic rings. The lowest BCUT2D eigenvalue weighted by Gasteiger charge is -2.21. The van der Waals surface area contributed by atoms with Crippen LogP contribution in [0, 0.1) is 0 Å². The molecule has 1 aliphatic heterocycles. The van der Waals surface area contributed by atoms with E-state index in [-0.39, 0.29) is 5.91 Å². The molecule has 8 heteroatoms. The number of hydrogen-bond donors (Lipinski definition) is 0. The number of aryl methyl sites for hydroxylation is 1. The van der Waals surface area contributed by atoms with Crippen LogP contribution in [0.4, 0.5) is 0 Å². The fourth-order valence-electron chi connectivity index (χ4n) is 3.33. The molecule has 3 aromatic rings. The van der Waals surface area contributed by atoms with Gasteiger partial charge in [0.05, 0.1) is 0 Å². The number of carbonyl (C=O) groups is 1. The van der Waals surface area contributed by atoms with Crippen LogP contribution in [0.5, 0.6) is 0 Å². The topological polar surface area (TPSA) is 75.4 Å². The maximum atomic E-state index is 12.6. The van der Waals surface area contributed by atoms with Crippen molar-refractivity contribution in [2.45, 2.75) is 25.8 Å². The predicted molar refractivity (Wildman–Crippen MR) is 107 cm³/mol. The third-order valence-corrected chi connectivity index (χ3v) is 5.68. The fourth-order valence-corrected chi connectivity index (χ4v) is 4.07. The molecule has 4 rings (SSSR count). The zero-order valence-electron chi connectivity index (χ0n) is 15.7. The second-order valence-electron chi connectivity index (χ2n) is 6.82. The van der Waals surface area contributed by atoms with Crippen molar-refractivity contribution >= 4 is 17.2 Å². The van der Waals surface area contributed by atoms with E-state index in [0.717, 1.165) is 39.1 Å². The van der Waals surface area contributed by atoms with Gasteiger partial charge in [0.2, 0.25) is 17.6 Å². The van der Waals surface area contributed by atoms with Crippen molar-refractivity contribution in [1.82, 2.24) is 24.9 Å². The van der Waals surface area contributed by atoms with Gasteiger partial charge in [0, 0.05) is 56.6 Å². The van der Waals surface area contributed by atoms with Gasteiger partial charge in [-0.05, 0) is 30.0 Å². The molecule has 0 unspecified atom stereocenters. The second kappa shape index (κ2) is 9.07. The summed E-state index contributed by atoms with van der Waals surface area (Å²) in [7, 11) is 0. The van der Waals surface area contributed by atoms with Crippen molar-refractivity contribution in [2.24, 2.45) is 0 Å². The van der Waals surface area contributed by atoms with Crippen molar-refractivity contribution in [2.75, 3.05) is 26.2 Å². The highest BCUT2D eigenvalue weighted by molar-refractivity contribution is 7.09. The monoisotopic (exact) mass is 397 g/mol. The van der Waals surface area contributed by atoms with Crippen LogP contribution in [0.25, 0.3) is 11.5 Å². The Morgan fingerprint density at radius 2 is 2.11 bits per heavy atom. The third kappa shape index (κ3) is 4.82. The van der Waals surface area contributed by atoms with Gasteiger partial charge in [0.1, 0.15) is 5.69 Å². The summed E-state index contributed by atoms with van der Waals surface area (Å²) in [6.45, 7) is 4.49. The molecule has 146 valence electrons. The van der Waals surface area contributed by atoms with E-state index in [1.165, 1.54) is 4.88 Å². The summed E-state index contributed by atoms with van der Waals surface area (Å²) in [4.78, 5) is 27.0. The summed E-state index contributed by atoms with van der Waals surface area (Å²) in [5.74, 6) is 1.08. The average Bonchev–Trinajstić information content (AvgIpc) is 3.36. The van der Waals surface area contributed by atoms with Crippen LogP contribution < -0.4 is 0 Å². The van der Waals surface area contributed by atoms with Crippen LogP contribution in [0.15, 0.2) is 46.4 Å². The summed E-state index contributed by atoms with van der Waals surface area (Å²) in [6.07, 6.45) is 3.53. The average molecular weight is 398 g/mol. The third-order valence-electron chi connectivity index (χ3n) is 4.82. The Balaban J connectivity index is 1.26. The van der Waals surface area contributed by atoms with Crippen molar-refractivity contribution < 1.29 is 9.32 Å². The minimum Gasteiger partial charge on any atom is -0.341 e. The first-order valence-electron chi connectivity index (χ1n) is 9.54. The highest BCUT2D eigenvalue weighted by Crippen LogP contribution is 2.15. The number of nitrogens with zero attached hydrogens (tertiary/aromatic N) is 5. The molecule has 0 radical (unpaired) electrons. The zero-order chi connectivity index (χ0) is 19.2. The fraction of sp³-hybridized carbons (Fsp3) is 0.400. The van der Waals surface area contributed by atoms with Crippen molar-refractivity contribution in [1.29, 1.82) is 0 Å². The van der Waals surface area contributed by atoms with Gasteiger partial charge in [0.25, 0.3) is 0 Å². The number of amides is 1. The van der Waals surface area contributed by atoms with Gasteiger partial charge in [-0.3, -0.25) is 14.7 Å². The second-order valence-corrected chi connectivity index (χ2v) is 7.85. The number of hydrogen-bond acceptors (Lipinski definition) is 7. The summed E-state index contributed by atoms with van der Waals surface area (Å²) in [6, 6.07) is 9.81. The van der Waals surface area contributed by atoms with Crippen LogP contribution in [0.1, 0.15) is 23.6 Å². The van der Waals surface area contributed by atoms with Gasteiger partial charge < -0.3 is 9.42 Å². The van der Waals surface area contributed by atoms with Gasteiger partial charge in [-0.2, -0.15) is 4.98 Å². The lowest BCUT2D eigenvalue weighted by atomic mass is 10.2. The number of aromatic nitrogens is 3. The summed E-state index contributed by atoms with van der Waals surface area (Å²) < 4.78 is 5.28. The Morgan fingerprint density at radius 3 is 2.93 bits per heavy atom. The van der Waals surface area contributed by atoms with Gasteiger partial charge in [-0.1, -0.05) is 17.3 Å². The first-order valence-corrected chi connectivity index (χ1v) is 10.4. The standard InChI is InChI=1S/C20H23N5O2S/c26-19(8-7-18-22-20(23-27-18)17-6-1-2-9-21-17)25-11-4-10-24(12-13-25)15-16-5-3-14-28-16/h1-3,5-6,9,14H,4,7-8,10-13,15H2. The molecule has 0 N–H and O–H groups in total. The highest BCUT2D eigenvalue weighted by Gasteiger charge is 2.20. The smallest absolute Gasteiger partial charge is 0.227 e. The molecule has 0 spiro atoms. The Labute approximate surface area is 168 Å². The van der Waals surface area contributed by atoms with Crippen LogP contribution in [-0.2, 0) is 17.8 Å². The van der Waals surface area contributed by atoms with E-state index in [9.17, 15) is 4.79 Å². The molecule has 0 aliphatic carbocycles. The lowest BCUT2D eigenvalue weighted by Crippen LogP contribution is -2.35. The molecule has 0 saturated carbocycles. The van der Waals surface area contributed by atoms with Crippen molar-refractivity contribution in [3.05, 3.63) is 52.7 Å². The van der Waals surface area contributed by atoms with Gasteiger partial charge in [0.15, 0.2) is 0 Å². The van der Waals surface area contributed by atoms with E-state index in [0.29, 0.717) is 30.3 Å². The molecule has 4 heterocycles. The first kappa shape index (κ1) is 18.8. The minimum atomic E-state index is 0.149. The molecular weight excluding hydrogens is 374 g/mol. The minimum absolute atomic E-state index is 0.149. The number of carbonyl (C=O) groups excluding carboxylic acids is 1. The normalized spacial score (nSPS) is 15.5. The van der Waals surface area contributed by atoms with E-state index in [1.807, 2.05) is 23.1 Å². The summed E-state index contributed by atoms with van der Waals surface area (Å²) >= 11 is 1.79. The molecular formula is C20H23N5O2S. The molecule has 28 heavy (non-hydrogen) atoms. The van der Waals surface area contributed by atoms with Crippen LogP contribution in [-0.4, -0.2) is 57.0 Å². The number of thiophene rings is 1. The van der Waals surface area contributed by atoms with E-state index in [4.69, 9.17) is 4.52 Å². The van der Waals surface area contributed by atoms with Gasteiger partial charge in [-0.15, -0.1) is 11.3 Å². The van der Waals surface area contributed by atoms with Gasteiger partial charge >= 0.3 is 0 Å². The molecule has 0 bridgehead atoms. The Bertz CT molecular complexity index is 881. The highest BCUT2D eigenvalue weighted by atomic mass is 32.1. The number of rotatable bonds is 6. The number of pyridine rings is 1. The van der Waals surface area contributed by atoms with Crippen LogP contribution in [0.3, 0.4) is 0 Å². The van der Waals surface area contributed by atoms with E-state index < -0.39 is 0 Å². The first-order chi connectivity index (χ1) is 13.8. The van der Waals surface area contributed by atoms with E-state index in [1.54, 1.807) is 17.5 Å². The lowest BCUT2D eigenvalue weighted by molar-refractivity contribution is -0.131. The van der Waals surface area contributed by atoms with Crippen molar-refractivity contribution in [3.63, 3.8) is 0 Å². The zero-order valence-corrected chi connectivity index (χ0v) is 16.5. The Kier molecular flexibility index (Phi) is 6.08. The summed E-state index contributed by atoms with van der Waals surface area (Å²) in [5.41, 5.74) is 0.669. The van der Waals surface area contributed by atoms with Gasteiger partial charge in [-0.25, -0.2) is 0 Å². The molecule has 0 aromatic carbocycles. The largest absolute Gasteiger partial charge is 0.341 e. The van der Waals surface area contributed by atoms with Crippen molar-refractivity contribution in [3.8, 4) is 11.5 Å². The SMILES string of the molecule is O=C(CCc1nc(-c2ccccn2)no1)N1CCCN(Cc2cccs2)CC1. The van der Waals surface area contributed by atoms with E-state index >= 15 is 0 Å². The summed E-state index contributed by atoms with van der Waals surface area (Å²) in [5, 5.41) is 6.07. The Hall–Kier alpha value is -2.58. The molecule has 1 fully saturated rings. The van der Waals surface area contributed by atoms with Crippen LogP contribution in [0.2, 0.25) is 0 Å². The maximum Gasteiger partial charge on any atom is 0.227 e.